The van der Waals surface area contributed by atoms with Crippen LogP contribution in [0, 0.1) is 6.92 Å². The second-order valence-corrected chi connectivity index (χ2v) is 6.47. The Hall–Kier alpha value is -2.30. The van der Waals surface area contributed by atoms with Crippen LogP contribution < -0.4 is 10.6 Å². The van der Waals surface area contributed by atoms with Crippen LogP contribution in [-0.2, 0) is 13.1 Å². The molecule has 1 aromatic heterocycles. The molecular weight excluding hydrogens is 298 g/mol. The largest absolute Gasteiger partial charge is 0.354 e. The Morgan fingerprint density at radius 1 is 1.29 bits per heavy atom. The van der Waals surface area contributed by atoms with Crippen molar-refractivity contribution < 1.29 is 0 Å². The molecule has 24 heavy (non-hydrogen) atoms. The van der Waals surface area contributed by atoms with E-state index in [0.29, 0.717) is 6.04 Å². The molecule has 1 saturated carbocycles. The number of aromatic nitrogens is 2. The van der Waals surface area contributed by atoms with Crippen LogP contribution in [0.4, 0.5) is 0 Å². The van der Waals surface area contributed by atoms with Crippen molar-refractivity contribution in [2.75, 3.05) is 7.05 Å². The first-order chi connectivity index (χ1) is 11.7. The summed E-state index contributed by atoms with van der Waals surface area (Å²) in [4.78, 5) is 8.62. The van der Waals surface area contributed by atoms with Crippen molar-refractivity contribution in [2.45, 2.75) is 51.7 Å². The van der Waals surface area contributed by atoms with Gasteiger partial charge in [0.1, 0.15) is 5.82 Å². The molecule has 1 aliphatic rings. The van der Waals surface area contributed by atoms with Gasteiger partial charge in [-0.3, -0.25) is 4.99 Å². The van der Waals surface area contributed by atoms with Crippen LogP contribution in [0.5, 0.6) is 0 Å². The first-order valence-electron chi connectivity index (χ1n) is 8.77. The van der Waals surface area contributed by atoms with E-state index in [4.69, 9.17) is 0 Å². The van der Waals surface area contributed by atoms with Crippen LogP contribution in [0.3, 0.4) is 0 Å². The zero-order chi connectivity index (χ0) is 16.8. The first-order valence-corrected chi connectivity index (χ1v) is 8.77. The molecule has 2 aromatic rings. The minimum Gasteiger partial charge on any atom is -0.354 e. The standard InChI is InChI=1S/C19H27N5/c1-15-21-10-11-24(15)14-17-7-5-6-16(12-17)13-22-19(20-2)23-18-8-3-4-9-18/h5-7,10-12,18H,3-4,8-9,13-14H2,1-2H3,(H2,20,22,23). The summed E-state index contributed by atoms with van der Waals surface area (Å²) >= 11 is 0. The normalized spacial score (nSPS) is 15.7. The molecule has 1 aliphatic carbocycles. The number of aliphatic imine (C=N–C) groups is 1. The summed E-state index contributed by atoms with van der Waals surface area (Å²) in [6, 6.07) is 9.25. The van der Waals surface area contributed by atoms with E-state index in [9.17, 15) is 0 Å². The van der Waals surface area contributed by atoms with E-state index in [1.54, 1.807) is 0 Å². The Balaban J connectivity index is 1.56. The second-order valence-electron chi connectivity index (χ2n) is 6.47. The molecule has 5 nitrogen and oxygen atoms in total. The number of benzene rings is 1. The smallest absolute Gasteiger partial charge is 0.191 e. The third kappa shape index (κ3) is 4.37. The van der Waals surface area contributed by atoms with Gasteiger partial charge in [0.25, 0.3) is 0 Å². The van der Waals surface area contributed by atoms with Crippen LogP contribution >= 0.6 is 0 Å². The van der Waals surface area contributed by atoms with Gasteiger partial charge in [-0.2, -0.15) is 0 Å². The van der Waals surface area contributed by atoms with E-state index in [-0.39, 0.29) is 0 Å². The molecule has 1 fully saturated rings. The van der Waals surface area contributed by atoms with Gasteiger partial charge in [0.05, 0.1) is 0 Å². The number of hydrogen-bond donors (Lipinski definition) is 2. The van der Waals surface area contributed by atoms with Crippen LogP contribution in [0.25, 0.3) is 0 Å². The number of aryl methyl sites for hydroxylation is 1. The molecule has 0 bridgehead atoms. The van der Waals surface area contributed by atoms with E-state index < -0.39 is 0 Å². The summed E-state index contributed by atoms with van der Waals surface area (Å²) in [5.74, 6) is 1.94. The maximum Gasteiger partial charge on any atom is 0.191 e. The highest BCUT2D eigenvalue weighted by molar-refractivity contribution is 5.79. The molecule has 0 radical (unpaired) electrons. The Kier molecular flexibility index (Phi) is 5.51. The van der Waals surface area contributed by atoms with E-state index in [2.05, 4.69) is 49.4 Å². The second kappa shape index (κ2) is 7.99. The van der Waals surface area contributed by atoms with Crippen molar-refractivity contribution in [3.63, 3.8) is 0 Å². The third-order valence-corrected chi connectivity index (χ3v) is 4.65. The Labute approximate surface area is 144 Å². The average molecular weight is 325 g/mol. The summed E-state index contributed by atoms with van der Waals surface area (Å²) in [5.41, 5.74) is 2.55. The molecule has 0 atom stereocenters. The van der Waals surface area contributed by atoms with E-state index in [0.717, 1.165) is 24.9 Å². The lowest BCUT2D eigenvalue weighted by Crippen LogP contribution is -2.41. The molecule has 128 valence electrons. The van der Waals surface area contributed by atoms with Gasteiger partial charge in [0.15, 0.2) is 5.96 Å². The molecule has 5 heteroatoms. The fourth-order valence-corrected chi connectivity index (χ4v) is 3.25. The number of nitrogens with one attached hydrogen (secondary N) is 2. The monoisotopic (exact) mass is 325 g/mol. The zero-order valence-electron chi connectivity index (χ0n) is 14.6. The van der Waals surface area contributed by atoms with Gasteiger partial charge in [0.2, 0.25) is 0 Å². The lowest BCUT2D eigenvalue weighted by Gasteiger charge is -2.17. The van der Waals surface area contributed by atoms with Crippen LogP contribution in [0.2, 0.25) is 0 Å². The van der Waals surface area contributed by atoms with Gasteiger partial charge >= 0.3 is 0 Å². The van der Waals surface area contributed by atoms with Crippen molar-refractivity contribution in [1.29, 1.82) is 0 Å². The van der Waals surface area contributed by atoms with Crippen molar-refractivity contribution in [1.82, 2.24) is 20.2 Å². The number of rotatable bonds is 5. The van der Waals surface area contributed by atoms with E-state index in [1.807, 2.05) is 26.4 Å². The molecule has 2 N–H and O–H groups in total. The zero-order valence-corrected chi connectivity index (χ0v) is 14.6. The van der Waals surface area contributed by atoms with Gasteiger partial charge in [-0.1, -0.05) is 37.1 Å². The van der Waals surface area contributed by atoms with Crippen molar-refractivity contribution in [3.05, 3.63) is 53.6 Å². The first kappa shape index (κ1) is 16.6. The Morgan fingerprint density at radius 3 is 2.79 bits per heavy atom. The maximum absolute atomic E-state index is 4.34. The van der Waals surface area contributed by atoms with Gasteiger partial charge in [-0.25, -0.2) is 4.98 Å². The topological polar surface area (TPSA) is 54.2 Å². The molecule has 0 saturated heterocycles. The molecule has 0 spiro atoms. The van der Waals surface area contributed by atoms with Crippen molar-refractivity contribution >= 4 is 5.96 Å². The number of nitrogens with zero attached hydrogens (tertiary/aromatic N) is 3. The van der Waals surface area contributed by atoms with Crippen LogP contribution in [-0.4, -0.2) is 28.6 Å². The van der Waals surface area contributed by atoms with E-state index in [1.165, 1.54) is 36.8 Å². The van der Waals surface area contributed by atoms with Crippen LogP contribution in [0.15, 0.2) is 41.7 Å². The third-order valence-electron chi connectivity index (χ3n) is 4.65. The number of guanidine groups is 1. The molecule has 0 amide bonds. The number of imidazole rings is 1. The Bertz CT molecular complexity index is 683. The lowest BCUT2D eigenvalue weighted by atomic mass is 10.1. The highest BCUT2D eigenvalue weighted by atomic mass is 15.2. The molecule has 0 unspecified atom stereocenters. The summed E-state index contributed by atoms with van der Waals surface area (Å²) in [7, 11) is 1.84. The van der Waals surface area contributed by atoms with E-state index >= 15 is 0 Å². The van der Waals surface area contributed by atoms with Gasteiger partial charge in [-0.05, 0) is 30.9 Å². The van der Waals surface area contributed by atoms with Gasteiger partial charge < -0.3 is 15.2 Å². The fraction of sp³-hybridized carbons (Fsp3) is 0.474. The summed E-state index contributed by atoms with van der Waals surface area (Å²) in [5, 5.41) is 6.95. The van der Waals surface area contributed by atoms with Gasteiger partial charge in [-0.15, -0.1) is 0 Å². The molecule has 1 aromatic carbocycles. The number of hydrogen-bond acceptors (Lipinski definition) is 2. The highest BCUT2D eigenvalue weighted by Gasteiger charge is 2.15. The van der Waals surface area contributed by atoms with Crippen LogP contribution in [0.1, 0.15) is 42.6 Å². The molecule has 1 heterocycles. The molecule has 3 rings (SSSR count). The summed E-state index contributed by atoms with van der Waals surface area (Å²) < 4.78 is 2.16. The highest BCUT2D eigenvalue weighted by Crippen LogP contribution is 2.17. The average Bonchev–Trinajstić information content (AvgIpc) is 3.24. The van der Waals surface area contributed by atoms with Gasteiger partial charge in [0, 0.05) is 38.6 Å². The fourth-order valence-electron chi connectivity index (χ4n) is 3.25. The molecule has 0 aliphatic heterocycles. The predicted octanol–water partition coefficient (Wildman–Crippen LogP) is 2.85. The minimum absolute atomic E-state index is 0.576. The summed E-state index contributed by atoms with van der Waals surface area (Å²) in [6.07, 6.45) is 9.02. The SMILES string of the molecule is CN=C(NCc1cccc(Cn2ccnc2C)c1)NC1CCCC1. The molecular formula is C19H27N5. The quantitative estimate of drug-likeness (QED) is 0.656. The van der Waals surface area contributed by atoms with Crippen molar-refractivity contribution in [2.24, 2.45) is 4.99 Å². The maximum atomic E-state index is 4.34. The Morgan fingerprint density at radius 2 is 2.08 bits per heavy atom. The summed E-state index contributed by atoms with van der Waals surface area (Å²) in [6.45, 7) is 3.67. The lowest BCUT2D eigenvalue weighted by molar-refractivity contribution is 0.613. The minimum atomic E-state index is 0.576. The van der Waals surface area contributed by atoms with Crippen molar-refractivity contribution in [3.8, 4) is 0 Å². The predicted molar refractivity (Wildman–Crippen MR) is 98.1 cm³/mol.